The van der Waals surface area contributed by atoms with Gasteiger partial charge in [-0.3, -0.25) is 0 Å². The fourth-order valence-corrected chi connectivity index (χ4v) is 2.23. The minimum atomic E-state index is -0.596. The van der Waals surface area contributed by atoms with Crippen LogP contribution in [0.15, 0.2) is 12.2 Å². The van der Waals surface area contributed by atoms with Gasteiger partial charge in [-0.05, 0) is 12.8 Å². The minimum absolute atomic E-state index is 0.118. The molecule has 0 aromatic carbocycles. The molecule has 0 N–H and O–H groups in total. The number of hydrogen-bond donors (Lipinski definition) is 0. The van der Waals surface area contributed by atoms with E-state index in [2.05, 4.69) is 0 Å². The summed E-state index contributed by atoms with van der Waals surface area (Å²) >= 11 is 0. The number of ether oxygens (including phenoxy) is 4. The molecule has 2 heterocycles. The summed E-state index contributed by atoms with van der Waals surface area (Å²) in [6.45, 7) is 0.250. The number of carbonyl (C=O) groups is 1. The molecular weight excluding hydrogens is 200 g/mol. The molecule has 2 fully saturated rings. The van der Waals surface area contributed by atoms with Crippen LogP contribution >= 0.6 is 0 Å². The first-order chi connectivity index (χ1) is 7.34. The maximum absolute atomic E-state index is 11.1. The molecule has 0 radical (unpaired) electrons. The average Bonchev–Trinajstić information content (AvgIpc) is 2.76. The number of rotatable bonds is 0. The first kappa shape index (κ1) is 9.18. The second-order valence-corrected chi connectivity index (χ2v) is 3.87. The van der Waals surface area contributed by atoms with Gasteiger partial charge in [0, 0.05) is 0 Å². The summed E-state index contributed by atoms with van der Waals surface area (Å²) < 4.78 is 21.0. The molecule has 82 valence electrons. The predicted molar refractivity (Wildman–Crippen MR) is 48.1 cm³/mol. The van der Waals surface area contributed by atoms with E-state index < -0.39 is 6.16 Å². The second-order valence-electron chi connectivity index (χ2n) is 3.87. The fraction of sp³-hybridized carbons (Fsp3) is 0.700. The lowest BCUT2D eigenvalue weighted by molar-refractivity contribution is -0.0153. The van der Waals surface area contributed by atoms with Crippen molar-refractivity contribution in [3.05, 3.63) is 12.2 Å². The van der Waals surface area contributed by atoms with Crippen molar-refractivity contribution >= 4 is 6.16 Å². The van der Waals surface area contributed by atoms with E-state index in [1.165, 1.54) is 0 Å². The summed E-state index contributed by atoms with van der Waals surface area (Å²) in [5, 5.41) is 0. The van der Waals surface area contributed by atoms with Gasteiger partial charge in [-0.25, -0.2) is 4.79 Å². The molecule has 15 heavy (non-hydrogen) atoms. The Balaban J connectivity index is 1.86. The van der Waals surface area contributed by atoms with Gasteiger partial charge in [0.2, 0.25) is 0 Å². The van der Waals surface area contributed by atoms with Gasteiger partial charge >= 0.3 is 6.16 Å². The molecule has 0 saturated carbocycles. The van der Waals surface area contributed by atoms with Crippen molar-refractivity contribution in [1.82, 2.24) is 0 Å². The van der Waals surface area contributed by atoms with Crippen LogP contribution in [0.1, 0.15) is 12.8 Å². The standard InChI is InChI=1S/C10H12O5/c11-10-14-7-4-2-1-3-6-8(9(7)15-10)13-5-12-6/h1,3,6-9H,2,4-5H2/b3-1-/t6-,7?,8-,9-/m0/s1. The van der Waals surface area contributed by atoms with Crippen LogP contribution in [-0.4, -0.2) is 37.4 Å². The first-order valence-electron chi connectivity index (χ1n) is 5.12. The van der Waals surface area contributed by atoms with Gasteiger partial charge in [0.15, 0.2) is 6.10 Å². The molecule has 4 atom stereocenters. The molecule has 5 heteroatoms. The summed E-state index contributed by atoms with van der Waals surface area (Å²) in [6, 6.07) is 0. The highest BCUT2D eigenvalue weighted by atomic mass is 16.8. The van der Waals surface area contributed by atoms with Gasteiger partial charge in [-0.15, -0.1) is 0 Å². The molecule has 0 aromatic rings. The number of carbonyl (C=O) groups excluding carboxylic acids is 1. The van der Waals surface area contributed by atoms with Crippen LogP contribution < -0.4 is 0 Å². The lowest BCUT2D eigenvalue weighted by Crippen LogP contribution is -2.41. The Hall–Kier alpha value is -1.07. The van der Waals surface area contributed by atoms with E-state index in [4.69, 9.17) is 18.9 Å². The zero-order chi connectivity index (χ0) is 10.3. The van der Waals surface area contributed by atoms with Crippen LogP contribution in [0.5, 0.6) is 0 Å². The average molecular weight is 212 g/mol. The Morgan fingerprint density at radius 2 is 2.13 bits per heavy atom. The van der Waals surface area contributed by atoms with Crippen molar-refractivity contribution in [2.24, 2.45) is 0 Å². The van der Waals surface area contributed by atoms with Gasteiger partial charge in [-0.1, -0.05) is 12.2 Å². The van der Waals surface area contributed by atoms with Crippen LogP contribution in [0, 0.1) is 0 Å². The van der Waals surface area contributed by atoms with Crippen molar-refractivity contribution in [2.45, 2.75) is 37.3 Å². The third kappa shape index (κ3) is 1.52. The second kappa shape index (κ2) is 3.50. The zero-order valence-electron chi connectivity index (χ0n) is 8.13. The summed E-state index contributed by atoms with van der Waals surface area (Å²) in [6.07, 6.45) is 4.19. The molecule has 0 aromatic heterocycles. The summed E-state index contributed by atoms with van der Waals surface area (Å²) in [4.78, 5) is 11.1. The van der Waals surface area contributed by atoms with E-state index in [9.17, 15) is 4.79 Å². The largest absolute Gasteiger partial charge is 0.509 e. The van der Waals surface area contributed by atoms with Crippen molar-refractivity contribution in [2.75, 3.05) is 6.79 Å². The number of hydrogen-bond acceptors (Lipinski definition) is 5. The molecule has 0 amide bonds. The smallest absolute Gasteiger partial charge is 0.427 e. The minimum Gasteiger partial charge on any atom is -0.427 e. The van der Waals surface area contributed by atoms with E-state index in [0.29, 0.717) is 0 Å². The Morgan fingerprint density at radius 1 is 1.20 bits per heavy atom. The normalized spacial score (nSPS) is 45.7. The molecule has 3 rings (SSSR count). The Kier molecular flexibility index (Phi) is 2.14. The van der Waals surface area contributed by atoms with Gasteiger partial charge in [-0.2, -0.15) is 0 Å². The molecule has 0 bridgehead atoms. The highest BCUT2D eigenvalue weighted by Crippen LogP contribution is 2.31. The molecule has 2 aliphatic heterocycles. The van der Waals surface area contributed by atoms with Gasteiger partial charge < -0.3 is 18.9 Å². The molecule has 2 saturated heterocycles. The van der Waals surface area contributed by atoms with Crippen LogP contribution in [0.4, 0.5) is 4.79 Å². The van der Waals surface area contributed by atoms with E-state index in [-0.39, 0.29) is 31.2 Å². The quantitative estimate of drug-likeness (QED) is 0.442. The van der Waals surface area contributed by atoms with E-state index >= 15 is 0 Å². The molecule has 0 spiro atoms. The van der Waals surface area contributed by atoms with Gasteiger partial charge in [0.1, 0.15) is 25.1 Å². The first-order valence-corrected chi connectivity index (χ1v) is 5.12. The monoisotopic (exact) mass is 212 g/mol. The van der Waals surface area contributed by atoms with Gasteiger partial charge in [0.25, 0.3) is 0 Å². The van der Waals surface area contributed by atoms with E-state index in [1.54, 1.807) is 0 Å². The third-order valence-electron chi connectivity index (χ3n) is 2.96. The van der Waals surface area contributed by atoms with Gasteiger partial charge in [0.05, 0.1) is 0 Å². The van der Waals surface area contributed by atoms with Crippen molar-refractivity contribution < 1.29 is 23.7 Å². The number of fused-ring (bicyclic) bond motifs is 3. The predicted octanol–water partition coefficient (Wildman–Crippen LogP) is 0.982. The van der Waals surface area contributed by atoms with Crippen molar-refractivity contribution in [3.8, 4) is 0 Å². The van der Waals surface area contributed by atoms with Crippen LogP contribution in [0.25, 0.3) is 0 Å². The highest BCUT2D eigenvalue weighted by Gasteiger charge is 2.47. The lowest BCUT2D eigenvalue weighted by atomic mass is 9.96. The maximum atomic E-state index is 11.1. The van der Waals surface area contributed by atoms with Crippen LogP contribution in [0.2, 0.25) is 0 Å². The molecule has 1 aliphatic carbocycles. The van der Waals surface area contributed by atoms with Crippen molar-refractivity contribution in [3.63, 3.8) is 0 Å². The number of allylic oxidation sites excluding steroid dienone is 1. The third-order valence-corrected chi connectivity index (χ3v) is 2.96. The Labute approximate surface area is 86.9 Å². The van der Waals surface area contributed by atoms with Crippen LogP contribution in [0.3, 0.4) is 0 Å². The summed E-state index contributed by atoms with van der Waals surface area (Å²) in [7, 11) is 0. The Bertz CT molecular complexity index is 300. The van der Waals surface area contributed by atoms with E-state index in [1.807, 2.05) is 12.2 Å². The molecule has 3 aliphatic rings. The molecule has 5 nitrogen and oxygen atoms in total. The highest BCUT2D eigenvalue weighted by molar-refractivity contribution is 5.62. The van der Waals surface area contributed by atoms with Crippen LogP contribution in [-0.2, 0) is 18.9 Å². The maximum Gasteiger partial charge on any atom is 0.509 e. The lowest BCUT2D eigenvalue weighted by Gasteiger charge is -2.24. The van der Waals surface area contributed by atoms with Crippen molar-refractivity contribution in [1.29, 1.82) is 0 Å². The summed E-state index contributed by atoms with van der Waals surface area (Å²) in [5.74, 6) is 0. The zero-order valence-corrected chi connectivity index (χ0v) is 8.13. The topological polar surface area (TPSA) is 54.0 Å². The molecular formula is C10H12O5. The summed E-state index contributed by atoms with van der Waals surface area (Å²) in [5.41, 5.74) is 0. The Morgan fingerprint density at radius 3 is 3.07 bits per heavy atom. The van der Waals surface area contributed by atoms with E-state index in [0.717, 1.165) is 12.8 Å². The molecule has 1 unspecified atom stereocenters. The SMILES string of the molecule is O=C1OC2CC/C=C\[C@@H]3OCO[C@@H]3[C@H]2O1. The fourth-order valence-electron chi connectivity index (χ4n) is 2.23.